The standard InChI is InChI=1S/C9H9N3O3S/c1-6(13)8-5-7(12(14)15)9(16-8)11-4-2-3-10-11/h2-6,13H,1H3/t6-/m0/s1. The fraction of sp³-hybridized carbons (Fsp3) is 0.222. The summed E-state index contributed by atoms with van der Waals surface area (Å²) in [5.41, 5.74) is -0.0374. The highest BCUT2D eigenvalue weighted by Crippen LogP contribution is 2.35. The number of hydrogen-bond donors (Lipinski definition) is 1. The van der Waals surface area contributed by atoms with Gasteiger partial charge in [-0.15, -0.1) is 11.3 Å². The number of aliphatic hydroxyl groups is 1. The lowest BCUT2D eigenvalue weighted by molar-refractivity contribution is -0.384. The predicted octanol–water partition coefficient (Wildman–Crippen LogP) is 1.90. The Bertz CT molecular complexity index is 504. The quantitative estimate of drug-likeness (QED) is 0.655. The molecule has 0 aromatic carbocycles. The van der Waals surface area contributed by atoms with E-state index in [4.69, 9.17) is 0 Å². The molecule has 7 heteroatoms. The van der Waals surface area contributed by atoms with Gasteiger partial charge in [-0.1, -0.05) is 0 Å². The van der Waals surface area contributed by atoms with E-state index >= 15 is 0 Å². The average Bonchev–Trinajstić information content (AvgIpc) is 2.86. The van der Waals surface area contributed by atoms with E-state index in [-0.39, 0.29) is 5.69 Å². The van der Waals surface area contributed by atoms with Gasteiger partial charge in [0.25, 0.3) is 0 Å². The smallest absolute Gasteiger partial charge is 0.306 e. The normalized spacial score (nSPS) is 12.6. The van der Waals surface area contributed by atoms with E-state index in [1.165, 1.54) is 10.7 Å². The summed E-state index contributed by atoms with van der Waals surface area (Å²) < 4.78 is 1.43. The lowest BCUT2D eigenvalue weighted by Gasteiger charge is -1.97. The van der Waals surface area contributed by atoms with Crippen molar-refractivity contribution in [2.24, 2.45) is 0 Å². The van der Waals surface area contributed by atoms with E-state index in [9.17, 15) is 15.2 Å². The zero-order valence-corrected chi connectivity index (χ0v) is 9.22. The SMILES string of the molecule is C[C@H](O)c1cc([N+](=O)[O-])c(-n2cccn2)s1. The minimum atomic E-state index is -0.715. The lowest BCUT2D eigenvalue weighted by Crippen LogP contribution is -1.95. The molecule has 0 saturated heterocycles. The molecule has 0 radical (unpaired) electrons. The molecule has 16 heavy (non-hydrogen) atoms. The predicted molar refractivity (Wildman–Crippen MR) is 58.7 cm³/mol. The second kappa shape index (κ2) is 4.03. The van der Waals surface area contributed by atoms with E-state index in [0.29, 0.717) is 9.88 Å². The summed E-state index contributed by atoms with van der Waals surface area (Å²) in [6, 6.07) is 3.07. The largest absolute Gasteiger partial charge is 0.388 e. The molecular formula is C9H9N3O3S. The van der Waals surface area contributed by atoms with Crippen LogP contribution in [0.3, 0.4) is 0 Å². The van der Waals surface area contributed by atoms with Crippen LogP contribution in [0.5, 0.6) is 0 Å². The van der Waals surface area contributed by atoms with Gasteiger partial charge in [-0.05, 0) is 13.0 Å². The summed E-state index contributed by atoms with van der Waals surface area (Å²) in [6.07, 6.45) is 2.46. The van der Waals surface area contributed by atoms with Crippen LogP contribution in [-0.2, 0) is 0 Å². The van der Waals surface area contributed by atoms with Crippen molar-refractivity contribution in [1.29, 1.82) is 0 Å². The molecule has 0 saturated carbocycles. The number of nitro groups is 1. The molecule has 0 bridgehead atoms. The van der Waals surface area contributed by atoms with Crippen molar-refractivity contribution < 1.29 is 10.0 Å². The first kappa shape index (κ1) is 10.8. The fourth-order valence-electron chi connectivity index (χ4n) is 1.28. The van der Waals surface area contributed by atoms with E-state index in [1.807, 2.05) is 0 Å². The second-order valence-corrected chi connectivity index (χ2v) is 4.29. The van der Waals surface area contributed by atoms with Crippen molar-refractivity contribution >= 4 is 17.0 Å². The number of aliphatic hydroxyl groups excluding tert-OH is 1. The van der Waals surface area contributed by atoms with Crippen LogP contribution < -0.4 is 0 Å². The number of thiophene rings is 1. The van der Waals surface area contributed by atoms with Crippen LogP contribution in [0.2, 0.25) is 0 Å². The van der Waals surface area contributed by atoms with E-state index in [0.717, 1.165) is 11.3 Å². The maximum Gasteiger partial charge on any atom is 0.306 e. The van der Waals surface area contributed by atoms with Crippen molar-refractivity contribution in [3.63, 3.8) is 0 Å². The molecule has 0 fully saturated rings. The molecular weight excluding hydrogens is 230 g/mol. The summed E-state index contributed by atoms with van der Waals surface area (Å²) in [5.74, 6) is 0. The Morgan fingerprint density at radius 3 is 2.94 bits per heavy atom. The molecule has 6 nitrogen and oxygen atoms in total. The maximum absolute atomic E-state index is 10.8. The zero-order chi connectivity index (χ0) is 11.7. The van der Waals surface area contributed by atoms with Gasteiger partial charge < -0.3 is 5.11 Å². The molecule has 0 aliphatic carbocycles. The first-order chi connectivity index (χ1) is 7.59. The molecule has 0 aliphatic heterocycles. The van der Waals surface area contributed by atoms with Crippen LogP contribution in [-0.4, -0.2) is 19.8 Å². The third-order valence-corrected chi connectivity index (χ3v) is 3.32. The van der Waals surface area contributed by atoms with Crippen LogP contribution in [0, 0.1) is 10.1 Å². The minimum Gasteiger partial charge on any atom is -0.388 e. The van der Waals surface area contributed by atoms with Crippen molar-refractivity contribution in [2.45, 2.75) is 13.0 Å². The molecule has 0 spiro atoms. The molecule has 0 unspecified atom stereocenters. The number of rotatable bonds is 3. The highest BCUT2D eigenvalue weighted by atomic mass is 32.1. The Morgan fingerprint density at radius 2 is 2.44 bits per heavy atom. The Kier molecular flexibility index (Phi) is 2.71. The van der Waals surface area contributed by atoms with Gasteiger partial charge in [-0.2, -0.15) is 5.10 Å². The Labute approximate surface area is 94.9 Å². The van der Waals surface area contributed by atoms with Gasteiger partial charge in [-0.3, -0.25) is 10.1 Å². The zero-order valence-electron chi connectivity index (χ0n) is 8.40. The van der Waals surface area contributed by atoms with E-state index in [1.54, 1.807) is 25.4 Å². The van der Waals surface area contributed by atoms with Crippen LogP contribution in [0.1, 0.15) is 17.9 Å². The van der Waals surface area contributed by atoms with Crippen molar-refractivity contribution in [3.05, 3.63) is 39.5 Å². The van der Waals surface area contributed by atoms with E-state index < -0.39 is 11.0 Å². The highest BCUT2D eigenvalue weighted by Gasteiger charge is 2.22. The second-order valence-electron chi connectivity index (χ2n) is 3.22. The molecule has 1 N–H and O–H groups in total. The molecule has 0 aliphatic rings. The van der Waals surface area contributed by atoms with Gasteiger partial charge in [0.2, 0.25) is 0 Å². The number of hydrogen-bond acceptors (Lipinski definition) is 5. The van der Waals surface area contributed by atoms with Gasteiger partial charge in [0.15, 0.2) is 5.00 Å². The topological polar surface area (TPSA) is 81.2 Å². The number of nitrogens with zero attached hydrogens (tertiary/aromatic N) is 3. The third-order valence-electron chi connectivity index (χ3n) is 2.03. The fourth-order valence-corrected chi connectivity index (χ4v) is 2.28. The highest BCUT2D eigenvalue weighted by molar-refractivity contribution is 7.15. The van der Waals surface area contributed by atoms with Gasteiger partial charge in [0, 0.05) is 23.3 Å². The minimum absolute atomic E-state index is 0.0374. The lowest BCUT2D eigenvalue weighted by atomic mass is 10.3. The van der Waals surface area contributed by atoms with Gasteiger partial charge >= 0.3 is 5.69 Å². The van der Waals surface area contributed by atoms with Gasteiger partial charge in [0.05, 0.1) is 11.0 Å². The van der Waals surface area contributed by atoms with Crippen LogP contribution in [0.15, 0.2) is 24.5 Å². The Hall–Kier alpha value is -1.73. The monoisotopic (exact) mass is 239 g/mol. The third kappa shape index (κ3) is 1.82. The molecule has 2 aromatic rings. The van der Waals surface area contributed by atoms with Crippen LogP contribution >= 0.6 is 11.3 Å². The Morgan fingerprint density at radius 1 is 1.69 bits per heavy atom. The molecule has 2 heterocycles. The van der Waals surface area contributed by atoms with Crippen molar-refractivity contribution in [3.8, 4) is 5.00 Å². The summed E-state index contributed by atoms with van der Waals surface area (Å²) in [7, 11) is 0. The summed E-state index contributed by atoms with van der Waals surface area (Å²) in [5, 5.41) is 24.6. The molecule has 1 atom stereocenters. The molecule has 84 valence electrons. The average molecular weight is 239 g/mol. The van der Waals surface area contributed by atoms with Gasteiger partial charge in [-0.25, -0.2) is 4.68 Å². The maximum atomic E-state index is 10.8. The van der Waals surface area contributed by atoms with Crippen LogP contribution in [0.25, 0.3) is 5.00 Å². The molecule has 0 amide bonds. The first-order valence-electron chi connectivity index (χ1n) is 4.56. The first-order valence-corrected chi connectivity index (χ1v) is 5.37. The summed E-state index contributed by atoms with van der Waals surface area (Å²) >= 11 is 1.16. The molecule has 2 aromatic heterocycles. The summed E-state index contributed by atoms with van der Waals surface area (Å²) in [4.78, 5) is 10.9. The van der Waals surface area contributed by atoms with E-state index in [2.05, 4.69) is 5.10 Å². The van der Waals surface area contributed by atoms with Crippen molar-refractivity contribution in [1.82, 2.24) is 9.78 Å². The number of aromatic nitrogens is 2. The van der Waals surface area contributed by atoms with Crippen molar-refractivity contribution in [2.75, 3.05) is 0 Å². The van der Waals surface area contributed by atoms with Gasteiger partial charge in [0.1, 0.15) is 0 Å². The Balaban J connectivity index is 2.55. The summed E-state index contributed by atoms with van der Waals surface area (Å²) in [6.45, 7) is 1.57. The molecule has 2 rings (SSSR count). The van der Waals surface area contributed by atoms with Crippen LogP contribution in [0.4, 0.5) is 5.69 Å².